The standard InChI is InChI=1S/C11H15N3O3.BrH/c1-14(6-11(17)13-12)4-7-2-9(15)10(16)3-8(7)5-14;/h2-3H,4-6,12H2,1H3,(H2-,13,15,16,17);1H. The summed E-state index contributed by atoms with van der Waals surface area (Å²) in [5.74, 6) is 4.60. The molecular weight excluding hydrogens is 302 g/mol. The van der Waals surface area contributed by atoms with E-state index in [4.69, 9.17) is 5.84 Å². The van der Waals surface area contributed by atoms with Gasteiger partial charge in [-0.2, -0.15) is 0 Å². The number of carbonyl (C=O) groups is 1. The minimum atomic E-state index is -0.228. The van der Waals surface area contributed by atoms with Crippen molar-refractivity contribution in [2.75, 3.05) is 13.6 Å². The van der Waals surface area contributed by atoms with E-state index in [1.165, 1.54) is 0 Å². The van der Waals surface area contributed by atoms with Crippen molar-refractivity contribution < 1.29 is 36.5 Å². The van der Waals surface area contributed by atoms with Gasteiger partial charge in [-0.3, -0.25) is 10.2 Å². The first-order chi connectivity index (χ1) is 7.93. The molecule has 100 valence electrons. The van der Waals surface area contributed by atoms with Gasteiger partial charge >= 0.3 is 0 Å². The molecule has 0 spiro atoms. The lowest BCUT2D eigenvalue weighted by atomic mass is 10.1. The summed E-state index contributed by atoms with van der Waals surface area (Å²) < 4.78 is 0.487. The number of hydrazine groups is 1. The number of aromatic hydroxyl groups is 2. The van der Waals surface area contributed by atoms with Crippen LogP contribution in [0.2, 0.25) is 0 Å². The quantitative estimate of drug-likeness (QED) is 0.150. The molecule has 18 heavy (non-hydrogen) atoms. The zero-order chi connectivity index (χ0) is 12.6. The Hall–Kier alpha value is -1.31. The van der Waals surface area contributed by atoms with Gasteiger partial charge < -0.3 is 31.7 Å². The van der Waals surface area contributed by atoms with Crippen molar-refractivity contribution in [2.45, 2.75) is 13.1 Å². The molecule has 2 rings (SSSR count). The third-order valence-electron chi connectivity index (χ3n) is 3.09. The number of phenols is 2. The van der Waals surface area contributed by atoms with Gasteiger partial charge in [0, 0.05) is 11.1 Å². The number of hydrogen-bond donors (Lipinski definition) is 4. The highest BCUT2D eigenvalue weighted by molar-refractivity contribution is 5.76. The number of amides is 1. The highest BCUT2D eigenvalue weighted by Crippen LogP contribution is 2.35. The molecule has 1 aliphatic heterocycles. The van der Waals surface area contributed by atoms with Crippen LogP contribution in [0, 0.1) is 0 Å². The van der Waals surface area contributed by atoms with Crippen molar-refractivity contribution in [1.29, 1.82) is 0 Å². The largest absolute Gasteiger partial charge is 1.00 e. The number of carbonyl (C=O) groups excluding carboxylic acids is 1. The molecule has 0 atom stereocenters. The first kappa shape index (κ1) is 14.7. The fraction of sp³-hybridized carbons (Fsp3) is 0.364. The van der Waals surface area contributed by atoms with Crippen LogP contribution in [-0.2, 0) is 17.9 Å². The maximum Gasteiger partial charge on any atom is 0.289 e. The number of benzene rings is 1. The van der Waals surface area contributed by atoms with Crippen molar-refractivity contribution in [3.8, 4) is 11.5 Å². The predicted octanol–water partition coefficient (Wildman–Crippen LogP) is -3.45. The van der Waals surface area contributed by atoms with Crippen molar-refractivity contribution in [3.05, 3.63) is 23.3 Å². The second-order valence-corrected chi connectivity index (χ2v) is 4.77. The van der Waals surface area contributed by atoms with Crippen LogP contribution in [0.5, 0.6) is 11.5 Å². The van der Waals surface area contributed by atoms with Crippen LogP contribution in [0.4, 0.5) is 0 Å². The summed E-state index contributed by atoms with van der Waals surface area (Å²) >= 11 is 0. The van der Waals surface area contributed by atoms with E-state index in [0.29, 0.717) is 17.6 Å². The first-order valence-electron chi connectivity index (χ1n) is 5.30. The molecule has 0 unspecified atom stereocenters. The molecule has 0 aromatic heterocycles. The summed E-state index contributed by atoms with van der Waals surface area (Å²) in [4.78, 5) is 11.3. The lowest BCUT2D eigenvalue weighted by molar-refractivity contribution is -0.921. The minimum absolute atomic E-state index is 0. The summed E-state index contributed by atoms with van der Waals surface area (Å²) in [5.41, 5.74) is 4.02. The van der Waals surface area contributed by atoms with Gasteiger partial charge in [-0.05, 0) is 12.1 Å². The average molecular weight is 318 g/mol. The van der Waals surface area contributed by atoms with E-state index in [9.17, 15) is 15.0 Å². The maximum atomic E-state index is 11.3. The second kappa shape index (κ2) is 5.13. The zero-order valence-electron chi connectivity index (χ0n) is 9.98. The number of hydrogen-bond acceptors (Lipinski definition) is 4. The smallest absolute Gasteiger partial charge is 0.289 e. The Morgan fingerprint density at radius 2 is 1.78 bits per heavy atom. The van der Waals surface area contributed by atoms with Crippen LogP contribution >= 0.6 is 0 Å². The van der Waals surface area contributed by atoms with Crippen molar-refractivity contribution >= 4 is 5.91 Å². The van der Waals surface area contributed by atoms with Crippen LogP contribution < -0.4 is 28.2 Å². The van der Waals surface area contributed by atoms with Gasteiger partial charge in [-0.1, -0.05) is 0 Å². The SMILES string of the molecule is C[N+]1(CC(=O)NN)Cc2cc(O)c(O)cc2C1.[Br-]. The van der Waals surface area contributed by atoms with E-state index in [1.54, 1.807) is 12.1 Å². The molecule has 1 aromatic carbocycles. The molecule has 0 aliphatic carbocycles. The van der Waals surface area contributed by atoms with E-state index in [2.05, 4.69) is 5.43 Å². The Balaban J connectivity index is 0.00000162. The highest BCUT2D eigenvalue weighted by Gasteiger charge is 2.34. The fourth-order valence-electron chi connectivity index (χ4n) is 2.34. The van der Waals surface area contributed by atoms with Crippen LogP contribution in [0.25, 0.3) is 0 Å². The normalized spacial score (nSPS) is 15.7. The van der Waals surface area contributed by atoms with Crippen molar-refractivity contribution in [2.24, 2.45) is 5.84 Å². The van der Waals surface area contributed by atoms with Gasteiger partial charge in [0.05, 0.1) is 7.05 Å². The number of nitrogens with two attached hydrogens (primary N) is 1. The number of phenolic OH excluding ortho intramolecular Hbond substituents is 2. The van der Waals surface area contributed by atoms with Crippen LogP contribution in [0.1, 0.15) is 11.1 Å². The molecule has 7 heteroatoms. The van der Waals surface area contributed by atoms with Gasteiger partial charge in [0.1, 0.15) is 13.1 Å². The van der Waals surface area contributed by atoms with Crippen molar-refractivity contribution in [1.82, 2.24) is 5.43 Å². The molecule has 0 saturated carbocycles. The number of likely N-dealkylation sites (N-methyl/N-ethyl adjacent to an activating group) is 1. The molecule has 1 heterocycles. The summed E-state index contributed by atoms with van der Waals surface area (Å²) in [6, 6.07) is 3.10. The van der Waals surface area contributed by atoms with Gasteiger partial charge in [0.15, 0.2) is 18.0 Å². The number of fused-ring (bicyclic) bond motifs is 1. The van der Waals surface area contributed by atoms with Gasteiger partial charge in [0.2, 0.25) is 0 Å². The van der Waals surface area contributed by atoms with E-state index in [0.717, 1.165) is 11.1 Å². The Morgan fingerprint density at radius 3 is 2.17 bits per heavy atom. The van der Waals surface area contributed by atoms with E-state index >= 15 is 0 Å². The summed E-state index contributed by atoms with van der Waals surface area (Å²) in [5, 5.41) is 18.9. The van der Waals surface area contributed by atoms with Gasteiger partial charge in [0.25, 0.3) is 5.91 Å². The Kier molecular flexibility index (Phi) is 4.20. The maximum absolute atomic E-state index is 11.3. The summed E-state index contributed by atoms with van der Waals surface area (Å²) in [6.45, 7) is 1.54. The molecule has 0 saturated heterocycles. The Labute approximate surface area is 115 Å². The van der Waals surface area contributed by atoms with Gasteiger partial charge in [-0.25, -0.2) is 5.84 Å². The zero-order valence-corrected chi connectivity index (χ0v) is 11.6. The van der Waals surface area contributed by atoms with Crippen molar-refractivity contribution in [3.63, 3.8) is 0 Å². The lowest BCUT2D eigenvalue weighted by Gasteiger charge is -2.27. The fourth-order valence-corrected chi connectivity index (χ4v) is 2.34. The Bertz CT molecular complexity index is 448. The lowest BCUT2D eigenvalue weighted by Crippen LogP contribution is -3.00. The second-order valence-electron chi connectivity index (χ2n) is 4.77. The number of quaternary nitrogens is 1. The highest BCUT2D eigenvalue weighted by atomic mass is 79.9. The van der Waals surface area contributed by atoms with Crippen LogP contribution in [0.3, 0.4) is 0 Å². The summed E-state index contributed by atoms with van der Waals surface area (Å²) in [6.07, 6.45) is 0. The average Bonchev–Trinajstić information content (AvgIpc) is 2.54. The minimum Gasteiger partial charge on any atom is -1.00 e. The predicted molar refractivity (Wildman–Crippen MR) is 60.6 cm³/mol. The van der Waals surface area contributed by atoms with E-state index in [-0.39, 0.29) is 40.9 Å². The topological polar surface area (TPSA) is 95.6 Å². The molecule has 1 aliphatic rings. The Morgan fingerprint density at radius 1 is 1.33 bits per heavy atom. The third-order valence-corrected chi connectivity index (χ3v) is 3.09. The molecule has 5 N–H and O–H groups in total. The molecule has 0 fully saturated rings. The van der Waals surface area contributed by atoms with E-state index in [1.807, 2.05) is 7.05 Å². The molecule has 1 aromatic rings. The third kappa shape index (κ3) is 2.74. The summed E-state index contributed by atoms with van der Waals surface area (Å²) in [7, 11) is 1.93. The monoisotopic (exact) mass is 317 g/mol. The molecule has 0 bridgehead atoms. The van der Waals surface area contributed by atoms with Gasteiger partial charge in [-0.15, -0.1) is 0 Å². The van der Waals surface area contributed by atoms with Crippen LogP contribution in [0.15, 0.2) is 12.1 Å². The van der Waals surface area contributed by atoms with E-state index < -0.39 is 0 Å². The molecule has 6 nitrogen and oxygen atoms in total. The number of halogens is 1. The van der Waals surface area contributed by atoms with Crippen LogP contribution in [-0.4, -0.2) is 34.2 Å². The first-order valence-corrected chi connectivity index (χ1v) is 5.30. The molecule has 0 radical (unpaired) electrons. The number of nitrogens with zero attached hydrogens (tertiary/aromatic N) is 1. The molecule has 1 amide bonds. The number of rotatable bonds is 2. The molecular formula is C11H16BrN3O3. The number of nitrogens with one attached hydrogen (secondary N) is 1.